The molecule has 0 bridgehead atoms. The number of fused-ring (bicyclic) bond motifs is 2. The van der Waals surface area contributed by atoms with Crippen LogP contribution >= 0.6 is 0 Å². The molecule has 0 aromatic rings. The van der Waals surface area contributed by atoms with Crippen LogP contribution in [0.25, 0.3) is 0 Å². The molecule has 24 heavy (non-hydrogen) atoms. The molecule has 0 nitrogen and oxygen atoms in total. The van der Waals surface area contributed by atoms with Gasteiger partial charge in [0.2, 0.25) is 0 Å². The maximum absolute atomic E-state index is 2.67. The van der Waals surface area contributed by atoms with Crippen LogP contribution < -0.4 is 0 Å². The predicted octanol–water partition coefficient (Wildman–Crippen LogP) is 7.33. The summed E-state index contributed by atoms with van der Waals surface area (Å²) in [5.41, 5.74) is 0.571. The van der Waals surface area contributed by atoms with E-state index in [1.54, 1.807) is 38.5 Å². The molecule has 8 atom stereocenters. The van der Waals surface area contributed by atoms with Crippen LogP contribution in [0.3, 0.4) is 0 Å². The van der Waals surface area contributed by atoms with E-state index in [0.717, 1.165) is 47.3 Å². The van der Waals surface area contributed by atoms with Crippen molar-refractivity contribution < 1.29 is 0 Å². The monoisotopic (exact) mass is 330 g/mol. The van der Waals surface area contributed by atoms with Gasteiger partial charge in [-0.2, -0.15) is 0 Å². The lowest BCUT2D eigenvalue weighted by atomic mass is 9.61. The van der Waals surface area contributed by atoms with Gasteiger partial charge in [0.25, 0.3) is 0 Å². The van der Waals surface area contributed by atoms with Crippen molar-refractivity contribution in [2.75, 3.05) is 0 Å². The van der Waals surface area contributed by atoms with Crippen molar-refractivity contribution >= 4 is 0 Å². The molecule has 0 aromatic carbocycles. The van der Waals surface area contributed by atoms with E-state index in [4.69, 9.17) is 0 Å². The van der Waals surface area contributed by atoms with E-state index in [1.807, 2.05) is 0 Å². The summed E-state index contributed by atoms with van der Waals surface area (Å²) in [5, 5.41) is 0. The quantitative estimate of drug-likeness (QED) is 0.508. The Bertz CT molecular complexity index is 435. The van der Waals surface area contributed by atoms with Crippen molar-refractivity contribution in [1.82, 2.24) is 0 Å². The third-order valence-electron chi connectivity index (χ3n) is 9.30. The summed E-state index contributed by atoms with van der Waals surface area (Å²) in [7, 11) is 0. The Morgan fingerprint density at radius 1 is 0.708 bits per heavy atom. The summed E-state index contributed by atoms with van der Waals surface area (Å²) in [6.07, 6.45) is 16.9. The molecule has 4 aliphatic carbocycles. The summed E-state index contributed by atoms with van der Waals surface area (Å²) in [6, 6.07) is 0. The van der Waals surface area contributed by atoms with Gasteiger partial charge in [-0.1, -0.05) is 66.2 Å². The topological polar surface area (TPSA) is 0 Å². The zero-order valence-corrected chi connectivity index (χ0v) is 16.9. The molecule has 4 rings (SSSR count). The maximum Gasteiger partial charge on any atom is -0.0306 e. The van der Waals surface area contributed by atoms with Crippen LogP contribution in [0.2, 0.25) is 0 Å². The van der Waals surface area contributed by atoms with Gasteiger partial charge in [-0.3, -0.25) is 0 Å². The molecule has 0 saturated heterocycles. The van der Waals surface area contributed by atoms with Crippen LogP contribution in [0.4, 0.5) is 0 Å². The second kappa shape index (κ2) is 6.62. The first kappa shape index (κ1) is 17.4. The molecule has 4 saturated carbocycles. The van der Waals surface area contributed by atoms with Crippen LogP contribution in [0.5, 0.6) is 0 Å². The summed E-state index contributed by atoms with van der Waals surface area (Å²) >= 11 is 0. The van der Waals surface area contributed by atoms with Gasteiger partial charge in [0.15, 0.2) is 0 Å². The van der Waals surface area contributed by atoms with Gasteiger partial charge < -0.3 is 0 Å². The second-order valence-corrected chi connectivity index (χ2v) is 11.2. The fraction of sp³-hybridized carbons (Fsp3) is 1.00. The standard InChI is InChI=1S/C24H42/c1-16-13-18-9-5-7-11-20(18)22(16)15-24(3,4)23-17(2)14-19-10-6-8-12-21(19)23/h16-23H,5-15H2,1-4H3. The highest BCUT2D eigenvalue weighted by atomic mass is 14.6. The maximum atomic E-state index is 2.67. The molecule has 0 aliphatic heterocycles. The average molecular weight is 331 g/mol. The van der Waals surface area contributed by atoms with Crippen LogP contribution in [0.15, 0.2) is 0 Å². The van der Waals surface area contributed by atoms with E-state index in [-0.39, 0.29) is 0 Å². The molecule has 0 spiro atoms. The first-order valence-corrected chi connectivity index (χ1v) is 11.5. The highest BCUT2D eigenvalue weighted by molar-refractivity contribution is 5.00. The Labute approximate surface area is 151 Å². The first-order valence-electron chi connectivity index (χ1n) is 11.5. The molecule has 0 N–H and O–H groups in total. The average Bonchev–Trinajstić information content (AvgIpc) is 3.04. The normalized spacial score (nSPS) is 49.0. The lowest BCUT2D eigenvalue weighted by Crippen LogP contribution is -2.36. The Balaban J connectivity index is 1.50. The Kier molecular flexibility index (Phi) is 4.81. The van der Waals surface area contributed by atoms with Crippen LogP contribution in [0.1, 0.15) is 98.3 Å². The minimum absolute atomic E-state index is 0.571. The number of hydrogen-bond donors (Lipinski definition) is 0. The third kappa shape index (κ3) is 2.99. The number of hydrogen-bond acceptors (Lipinski definition) is 0. The molecule has 138 valence electrons. The molecule has 0 heterocycles. The molecule has 0 radical (unpaired) electrons. The summed E-state index contributed by atoms with van der Waals surface area (Å²) < 4.78 is 0. The molecule has 0 amide bonds. The van der Waals surface area contributed by atoms with Gasteiger partial charge in [0, 0.05) is 0 Å². The van der Waals surface area contributed by atoms with Crippen LogP contribution in [-0.2, 0) is 0 Å². The van der Waals surface area contributed by atoms with E-state index in [0.29, 0.717) is 5.41 Å². The first-order chi connectivity index (χ1) is 11.5. The lowest BCUT2D eigenvalue weighted by molar-refractivity contribution is 0.0511. The molecule has 8 unspecified atom stereocenters. The van der Waals surface area contributed by atoms with Gasteiger partial charge in [-0.05, 0) is 84.9 Å². The van der Waals surface area contributed by atoms with E-state index in [2.05, 4.69) is 27.7 Å². The van der Waals surface area contributed by atoms with Gasteiger partial charge >= 0.3 is 0 Å². The van der Waals surface area contributed by atoms with Crippen LogP contribution in [-0.4, -0.2) is 0 Å². The summed E-state index contributed by atoms with van der Waals surface area (Å²) in [5.74, 6) is 8.37. The number of rotatable bonds is 3. The van der Waals surface area contributed by atoms with Gasteiger partial charge in [-0.15, -0.1) is 0 Å². The van der Waals surface area contributed by atoms with Gasteiger partial charge in [-0.25, -0.2) is 0 Å². The van der Waals surface area contributed by atoms with Crippen LogP contribution in [0, 0.1) is 52.8 Å². The molecule has 4 fully saturated rings. The van der Waals surface area contributed by atoms with Crippen molar-refractivity contribution in [2.45, 2.75) is 98.3 Å². The SMILES string of the molecule is CC1CC2CCCCC2C1CC(C)(C)C1C(C)CC2CCCCC21. The highest BCUT2D eigenvalue weighted by Crippen LogP contribution is 2.59. The largest absolute Gasteiger partial charge is 0.0622 e. The van der Waals surface area contributed by atoms with Crippen molar-refractivity contribution in [3.8, 4) is 0 Å². The Hall–Kier alpha value is 0. The molecule has 4 aliphatic rings. The minimum atomic E-state index is 0.571. The minimum Gasteiger partial charge on any atom is -0.0622 e. The fourth-order valence-electron chi connectivity index (χ4n) is 8.66. The second-order valence-electron chi connectivity index (χ2n) is 11.2. The van der Waals surface area contributed by atoms with E-state index >= 15 is 0 Å². The van der Waals surface area contributed by atoms with E-state index in [1.165, 1.54) is 32.1 Å². The third-order valence-corrected chi connectivity index (χ3v) is 9.30. The molecule has 0 aromatic heterocycles. The summed E-state index contributed by atoms with van der Waals surface area (Å²) in [4.78, 5) is 0. The van der Waals surface area contributed by atoms with E-state index in [9.17, 15) is 0 Å². The van der Waals surface area contributed by atoms with Crippen molar-refractivity contribution in [3.05, 3.63) is 0 Å². The Morgan fingerprint density at radius 3 is 1.96 bits per heavy atom. The fourth-order valence-corrected chi connectivity index (χ4v) is 8.66. The molecule has 0 heteroatoms. The van der Waals surface area contributed by atoms with Crippen molar-refractivity contribution in [2.24, 2.45) is 52.8 Å². The van der Waals surface area contributed by atoms with Crippen molar-refractivity contribution in [1.29, 1.82) is 0 Å². The smallest absolute Gasteiger partial charge is 0.0306 e. The highest BCUT2D eigenvalue weighted by Gasteiger charge is 2.51. The molecular weight excluding hydrogens is 288 g/mol. The Morgan fingerprint density at radius 2 is 1.25 bits per heavy atom. The molecular formula is C24H42. The zero-order valence-electron chi connectivity index (χ0n) is 16.9. The van der Waals surface area contributed by atoms with Crippen molar-refractivity contribution in [3.63, 3.8) is 0 Å². The summed E-state index contributed by atoms with van der Waals surface area (Å²) in [6.45, 7) is 10.6. The van der Waals surface area contributed by atoms with E-state index < -0.39 is 0 Å². The zero-order chi connectivity index (χ0) is 16.9. The lowest BCUT2D eigenvalue weighted by Gasteiger charge is -2.44. The van der Waals surface area contributed by atoms with Gasteiger partial charge in [0.1, 0.15) is 0 Å². The van der Waals surface area contributed by atoms with Gasteiger partial charge in [0.05, 0.1) is 0 Å². The predicted molar refractivity (Wildman–Crippen MR) is 104 cm³/mol.